The molecule has 0 spiro atoms. The van der Waals surface area contributed by atoms with E-state index in [2.05, 4.69) is 20.9 Å². The number of benzene rings is 1. The lowest BCUT2D eigenvalue weighted by atomic mass is 10.1. The van der Waals surface area contributed by atoms with Crippen LogP contribution in [-0.4, -0.2) is 96.0 Å². The van der Waals surface area contributed by atoms with Gasteiger partial charge < -0.3 is 25.4 Å². The Kier molecular flexibility index (Phi) is 14.5. The fourth-order valence-electron chi connectivity index (χ4n) is 2.92. The van der Waals surface area contributed by atoms with E-state index in [-0.39, 0.29) is 24.2 Å². The Morgan fingerprint density at radius 3 is 2.33 bits per heavy atom. The molecule has 0 bridgehead atoms. The van der Waals surface area contributed by atoms with Crippen LogP contribution in [0, 0.1) is 0 Å². The third-order valence-electron chi connectivity index (χ3n) is 4.90. The summed E-state index contributed by atoms with van der Waals surface area (Å²) < 4.78 is 51.4. The summed E-state index contributed by atoms with van der Waals surface area (Å²) in [6.45, 7) is 3.69. The van der Waals surface area contributed by atoms with Gasteiger partial charge in [-0.2, -0.15) is 13.2 Å². The van der Waals surface area contributed by atoms with Gasteiger partial charge in [-0.15, -0.1) is 5.10 Å². The van der Waals surface area contributed by atoms with Crippen LogP contribution in [0.15, 0.2) is 24.4 Å². The molecule has 2 rings (SSSR count). The van der Waals surface area contributed by atoms with Crippen LogP contribution in [0.2, 0.25) is 0 Å². The first-order valence-electron chi connectivity index (χ1n) is 12.2. The maximum atomic E-state index is 12.3. The minimum absolute atomic E-state index is 0.189. The molecular weight excluding hydrogens is 528 g/mol. The van der Waals surface area contributed by atoms with Gasteiger partial charge in [-0.25, -0.2) is 9.48 Å². The molecular formula is C24H34F4N6O5. The van der Waals surface area contributed by atoms with Gasteiger partial charge >= 0.3 is 12.1 Å². The first kappa shape index (κ1) is 33.3. The summed E-state index contributed by atoms with van der Waals surface area (Å²) in [7, 11) is 3.85. The monoisotopic (exact) mass is 562 g/mol. The van der Waals surface area contributed by atoms with E-state index in [0.29, 0.717) is 49.7 Å². The van der Waals surface area contributed by atoms with Crippen LogP contribution < -0.4 is 15.4 Å². The summed E-state index contributed by atoms with van der Waals surface area (Å²) in [6.07, 6.45) is -0.574. The van der Waals surface area contributed by atoms with E-state index < -0.39 is 12.1 Å². The maximum absolute atomic E-state index is 12.3. The van der Waals surface area contributed by atoms with E-state index in [1.165, 1.54) is 10.9 Å². The van der Waals surface area contributed by atoms with Crippen molar-refractivity contribution in [3.8, 4) is 11.4 Å². The van der Waals surface area contributed by atoms with E-state index in [1.54, 1.807) is 18.2 Å². The number of amides is 2. The van der Waals surface area contributed by atoms with Crippen LogP contribution in [-0.2, 0) is 4.79 Å². The van der Waals surface area contributed by atoms with Gasteiger partial charge in [0.2, 0.25) is 0 Å². The highest BCUT2D eigenvalue weighted by molar-refractivity contribution is 5.95. The molecule has 0 aliphatic carbocycles. The maximum Gasteiger partial charge on any atom is 0.490 e. The number of nitrogens with zero attached hydrogens (tertiary/aromatic N) is 4. The summed E-state index contributed by atoms with van der Waals surface area (Å²) >= 11 is 0. The van der Waals surface area contributed by atoms with Crippen molar-refractivity contribution >= 4 is 17.8 Å². The summed E-state index contributed by atoms with van der Waals surface area (Å²) in [5, 5.41) is 20.7. The number of ether oxygens (including phenoxy) is 1. The van der Waals surface area contributed by atoms with E-state index in [0.717, 1.165) is 19.3 Å². The number of nitrogens with one attached hydrogen (secondary N) is 2. The summed E-state index contributed by atoms with van der Waals surface area (Å²) in [5.74, 6) is -2.81. The normalized spacial score (nSPS) is 11.0. The molecule has 15 heteroatoms. The molecule has 2 aromatic rings. The molecule has 0 fully saturated rings. The zero-order valence-corrected chi connectivity index (χ0v) is 22.1. The van der Waals surface area contributed by atoms with Crippen LogP contribution >= 0.6 is 0 Å². The number of unbranched alkanes of at least 4 members (excludes halogenated alkanes) is 3. The Morgan fingerprint density at radius 1 is 1.08 bits per heavy atom. The first-order chi connectivity index (χ1) is 18.4. The number of carboxylic acids is 1. The van der Waals surface area contributed by atoms with Gasteiger partial charge in [-0.05, 0) is 58.5 Å². The van der Waals surface area contributed by atoms with Crippen molar-refractivity contribution in [2.75, 3.05) is 47.0 Å². The second-order valence-electron chi connectivity index (χ2n) is 8.40. The quantitative estimate of drug-likeness (QED) is 0.236. The number of carboxylic acid groups (broad SMARTS) is 1. The SMILES string of the molecule is CCNC(=O)c1ccc(-n2cc(C(=O)NCCN(C)C)nn2)c(OCCCCCCF)c1.O=C(O)C(F)(F)F. The number of carbonyl (C=O) groups excluding carboxylic acids is 2. The molecule has 11 nitrogen and oxygen atoms in total. The van der Waals surface area contributed by atoms with Crippen molar-refractivity contribution in [1.29, 1.82) is 0 Å². The van der Waals surface area contributed by atoms with E-state index in [1.807, 2.05) is 25.9 Å². The second-order valence-corrected chi connectivity index (χ2v) is 8.40. The average Bonchev–Trinajstić information content (AvgIpc) is 3.36. The van der Waals surface area contributed by atoms with Crippen molar-refractivity contribution < 1.29 is 41.8 Å². The van der Waals surface area contributed by atoms with Crippen LogP contribution in [0.5, 0.6) is 5.75 Å². The molecule has 1 aromatic carbocycles. The Labute approximate surface area is 223 Å². The molecule has 218 valence electrons. The van der Waals surface area contributed by atoms with E-state index in [9.17, 15) is 27.2 Å². The Balaban J connectivity index is 0.000000956. The molecule has 1 heterocycles. The van der Waals surface area contributed by atoms with E-state index in [4.69, 9.17) is 14.6 Å². The molecule has 0 aliphatic heterocycles. The van der Waals surface area contributed by atoms with Crippen LogP contribution in [0.1, 0.15) is 53.5 Å². The molecule has 0 saturated carbocycles. The molecule has 0 atom stereocenters. The number of halogens is 4. The Hall–Kier alpha value is -3.75. The smallest absolute Gasteiger partial charge is 0.490 e. The molecule has 0 saturated heterocycles. The average molecular weight is 563 g/mol. The first-order valence-corrected chi connectivity index (χ1v) is 12.2. The standard InChI is InChI=1S/C22H33FN6O3.C2HF3O2/c1-4-24-21(30)17-9-10-19(20(15-17)32-14-8-6-5-7-11-23)29-16-18(26-27-29)22(31)25-12-13-28(2)3;3-2(4,5)1(6)7/h9-10,15-16H,4-8,11-14H2,1-3H3,(H,24,30)(H,25,31);(H,6,7). The molecule has 3 N–H and O–H groups in total. The zero-order chi connectivity index (χ0) is 29.4. The predicted molar refractivity (Wildman–Crippen MR) is 134 cm³/mol. The predicted octanol–water partition coefficient (Wildman–Crippen LogP) is 2.85. The number of aromatic nitrogens is 3. The lowest BCUT2D eigenvalue weighted by Gasteiger charge is -2.13. The van der Waals surface area contributed by atoms with Gasteiger partial charge in [-0.1, -0.05) is 11.6 Å². The van der Waals surface area contributed by atoms with Gasteiger partial charge in [0.25, 0.3) is 11.8 Å². The number of carbonyl (C=O) groups is 3. The molecule has 0 radical (unpaired) electrons. The molecule has 0 unspecified atom stereocenters. The fraction of sp³-hybridized carbons (Fsp3) is 0.542. The molecule has 1 aromatic heterocycles. The number of alkyl halides is 4. The van der Waals surface area contributed by atoms with Crippen LogP contribution in [0.4, 0.5) is 17.6 Å². The summed E-state index contributed by atoms with van der Waals surface area (Å²) in [5.41, 5.74) is 1.22. The number of aliphatic carboxylic acids is 1. The highest BCUT2D eigenvalue weighted by Gasteiger charge is 2.38. The Morgan fingerprint density at radius 2 is 1.74 bits per heavy atom. The van der Waals surface area contributed by atoms with Gasteiger partial charge in [0.15, 0.2) is 5.69 Å². The summed E-state index contributed by atoms with van der Waals surface area (Å²) in [4.78, 5) is 35.4. The molecule has 39 heavy (non-hydrogen) atoms. The highest BCUT2D eigenvalue weighted by atomic mass is 19.4. The molecule has 2 amide bonds. The van der Waals surface area contributed by atoms with Crippen molar-refractivity contribution in [3.63, 3.8) is 0 Å². The summed E-state index contributed by atoms with van der Waals surface area (Å²) in [6, 6.07) is 5.04. The third-order valence-corrected chi connectivity index (χ3v) is 4.90. The Bertz CT molecular complexity index is 1060. The van der Waals surface area contributed by atoms with Gasteiger partial charge in [0.1, 0.15) is 11.4 Å². The van der Waals surface area contributed by atoms with Crippen molar-refractivity contribution in [2.45, 2.75) is 38.8 Å². The van der Waals surface area contributed by atoms with Crippen LogP contribution in [0.3, 0.4) is 0 Å². The minimum Gasteiger partial charge on any atom is -0.491 e. The second kappa shape index (κ2) is 17.0. The van der Waals surface area contributed by atoms with Gasteiger partial charge in [0, 0.05) is 25.2 Å². The van der Waals surface area contributed by atoms with Gasteiger partial charge in [-0.3, -0.25) is 14.0 Å². The number of hydrogen-bond acceptors (Lipinski definition) is 7. The van der Waals surface area contributed by atoms with Crippen molar-refractivity contribution in [2.24, 2.45) is 0 Å². The van der Waals surface area contributed by atoms with E-state index >= 15 is 0 Å². The minimum atomic E-state index is -5.08. The molecule has 0 aliphatic rings. The van der Waals surface area contributed by atoms with Crippen LogP contribution in [0.25, 0.3) is 5.69 Å². The van der Waals surface area contributed by atoms with Crippen molar-refractivity contribution in [1.82, 2.24) is 30.5 Å². The lowest BCUT2D eigenvalue weighted by molar-refractivity contribution is -0.192. The zero-order valence-electron chi connectivity index (χ0n) is 22.1. The highest BCUT2D eigenvalue weighted by Crippen LogP contribution is 2.25. The fourth-order valence-corrected chi connectivity index (χ4v) is 2.92. The lowest BCUT2D eigenvalue weighted by Crippen LogP contribution is -2.31. The number of likely N-dealkylation sites (N-methyl/N-ethyl adjacent to an activating group) is 1. The largest absolute Gasteiger partial charge is 0.491 e. The van der Waals surface area contributed by atoms with Gasteiger partial charge in [0.05, 0.1) is 19.5 Å². The number of rotatable bonds is 14. The van der Waals surface area contributed by atoms with Crippen molar-refractivity contribution in [3.05, 3.63) is 35.7 Å². The topological polar surface area (TPSA) is 139 Å². The third kappa shape index (κ3) is 12.6. The number of hydrogen-bond donors (Lipinski definition) is 3.